The second kappa shape index (κ2) is 28.1. The summed E-state index contributed by atoms with van der Waals surface area (Å²) in [4.78, 5) is 14.1. The number of hydrogen-bond donors (Lipinski definition) is 0. The van der Waals surface area contributed by atoms with Crippen LogP contribution in [0.25, 0.3) is 11.1 Å². The number of fused-ring (bicyclic) bond motifs is 3. The first-order chi connectivity index (χ1) is 24.7. The molecule has 0 heterocycles. The highest BCUT2D eigenvalue weighted by Gasteiger charge is 2.29. The maximum Gasteiger partial charge on any atom is 0.409 e. The van der Waals surface area contributed by atoms with Crippen molar-refractivity contribution in [1.82, 2.24) is 4.90 Å². The molecule has 0 unspecified atom stereocenters. The summed E-state index contributed by atoms with van der Waals surface area (Å²) in [5.41, 5.74) is 4.82. The lowest BCUT2D eigenvalue weighted by Gasteiger charge is -2.19. The molecule has 10 heteroatoms. The topological polar surface area (TPSA) is 94.2 Å². The van der Waals surface area contributed by atoms with Crippen molar-refractivity contribution >= 4 is 6.09 Å². The second-order valence-electron chi connectivity index (χ2n) is 12.5. The quantitative estimate of drug-likeness (QED) is 0.0739. The van der Waals surface area contributed by atoms with E-state index in [2.05, 4.69) is 31.2 Å². The van der Waals surface area contributed by atoms with E-state index in [9.17, 15) is 4.79 Å². The molecule has 1 aliphatic carbocycles. The van der Waals surface area contributed by atoms with E-state index in [0.717, 1.165) is 13.0 Å². The molecule has 1 amide bonds. The second-order valence-corrected chi connectivity index (χ2v) is 12.5. The molecule has 2 aromatic rings. The molecule has 0 aromatic heterocycles. The average Bonchev–Trinajstić information content (AvgIpc) is 3.46. The number of benzene rings is 2. The number of hydrogen-bond acceptors (Lipinski definition) is 9. The zero-order valence-corrected chi connectivity index (χ0v) is 30.8. The van der Waals surface area contributed by atoms with Gasteiger partial charge in [0.1, 0.15) is 6.61 Å². The predicted molar refractivity (Wildman–Crippen MR) is 196 cm³/mol. The van der Waals surface area contributed by atoms with Crippen LogP contribution in [0.15, 0.2) is 48.5 Å². The Balaban J connectivity index is 1.00. The molecule has 1 aliphatic rings. The highest BCUT2D eigenvalue weighted by Crippen LogP contribution is 2.44. The van der Waals surface area contributed by atoms with E-state index in [1.54, 1.807) is 11.9 Å². The maximum atomic E-state index is 12.6. The van der Waals surface area contributed by atoms with Crippen molar-refractivity contribution in [2.75, 3.05) is 113 Å². The van der Waals surface area contributed by atoms with E-state index < -0.39 is 0 Å². The van der Waals surface area contributed by atoms with Crippen LogP contribution >= 0.6 is 0 Å². The number of carbonyl (C=O) groups excluding carboxylic acids is 1. The number of rotatable bonds is 32. The molecule has 0 bridgehead atoms. The molecule has 0 aliphatic heterocycles. The van der Waals surface area contributed by atoms with Gasteiger partial charge in [0.25, 0.3) is 0 Å². The van der Waals surface area contributed by atoms with Crippen molar-refractivity contribution in [3.8, 4) is 11.1 Å². The van der Waals surface area contributed by atoms with Crippen molar-refractivity contribution in [1.29, 1.82) is 0 Å². The smallest absolute Gasteiger partial charge is 0.409 e. The van der Waals surface area contributed by atoms with Crippen molar-refractivity contribution in [3.63, 3.8) is 0 Å². The van der Waals surface area contributed by atoms with Gasteiger partial charge in [-0.05, 0) is 28.7 Å². The van der Waals surface area contributed by atoms with Gasteiger partial charge in [0.15, 0.2) is 0 Å². The van der Waals surface area contributed by atoms with Crippen molar-refractivity contribution < 1.29 is 42.7 Å². The SMILES string of the molecule is CCCCCCCCCCOCCOCCOCCOCCOCCOCCOCCN(C)C(=O)OCC1c2ccccc2-c2ccccc21. The highest BCUT2D eigenvalue weighted by molar-refractivity contribution is 5.79. The Morgan fingerprint density at radius 3 is 1.36 bits per heavy atom. The molecule has 0 saturated carbocycles. The van der Waals surface area contributed by atoms with Gasteiger partial charge in [0.2, 0.25) is 0 Å². The number of unbranched alkanes of at least 4 members (excludes halogenated alkanes) is 7. The van der Waals surface area contributed by atoms with E-state index in [1.165, 1.54) is 67.2 Å². The Morgan fingerprint density at radius 1 is 0.520 bits per heavy atom. The van der Waals surface area contributed by atoms with Gasteiger partial charge in [-0.1, -0.05) is 100 Å². The van der Waals surface area contributed by atoms with Gasteiger partial charge in [0.05, 0.1) is 85.9 Å². The summed E-state index contributed by atoms with van der Waals surface area (Å²) < 4.78 is 44.6. The molecule has 50 heavy (non-hydrogen) atoms. The molecule has 0 radical (unpaired) electrons. The minimum absolute atomic E-state index is 0.0467. The summed E-state index contributed by atoms with van der Waals surface area (Å²) in [6.45, 7) is 10.5. The van der Waals surface area contributed by atoms with Gasteiger partial charge >= 0.3 is 6.09 Å². The molecular weight excluding hydrogens is 638 g/mol. The van der Waals surface area contributed by atoms with Gasteiger partial charge < -0.3 is 42.8 Å². The standard InChI is InChI=1S/C40H63NO9/c1-3-4-5-6-7-8-9-14-20-43-22-24-45-26-28-47-30-32-49-33-31-48-29-27-46-25-23-44-21-19-41(2)40(42)50-34-39-37-17-12-10-15-35(37)36-16-11-13-18-38(36)39/h10-13,15-18,39H,3-9,14,19-34H2,1-2H3. The molecular formula is C40H63NO9. The molecule has 10 nitrogen and oxygen atoms in total. The van der Waals surface area contributed by atoms with Crippen LogP contribution in [0.1, 0.15) is 75.3 Å². The van der Waals surface area contributed by atoms with Crippen molar-refractivity contribution in [2.45, 2.75) is 64.2 Å². The summed E-state index contributed by atoms with van der Waals surface area (Å²) in [5, 5.41) is 0. The van der Waals surface area contributed by atoms with Gasteiger partial charge in [-0.25, -0.2) is 4.79 Å². The lowest BCUT2D eigenvalue weighted by molar-refractivity contribution is -0.0209. The van der Waals surface area contributed by atoms with Gasteiger partial charge in [-0.2, -0.15) is 0 Å². The maximum absolute atomic E-state index is 12.6. The first kappa shape index (κ1) is 41.8. The number of ether oxygens (including phenoxy) is 8. The molecule has 0 spiro atoms. The summed E-state index contributed by atoms with van der Waals surface area (Å²) >= 11 is 0. The largest absolute Gasteiger partial charge is 0.448 e. The van der Waals surface area contributed by atoms with Crippen LogP contribution in [0.5, 0.6) is 0 Å². The van der Waals surface area contributed by atoms with E-state index in [-0.39, 0.29) is 12.0 Å². The Labute approximate surface area is 301 Å². The van der Waals surface area contributed by atoms with Gasteiger partial charge in [0, 0.05) is 26.1 Å². The van der Waals surface area contributed by atoms with E-state index >= 15 is 0 Å². The third-order valence-electron chi connectivity index (χ3n) is 8.59. The number of carbonyl (C=O) groups is 1. The first-order valence-corrected chi connectivity index (χ1v) is 18.8. The fourth-order valence-electron chi connectivity index (χ4n) is 5.76. The molecule has 0 saturated heterocycles. The van der Waals surface area contributed by atoms with Crippen molar-refractivity contribution in [3.05, 3.63) is 59.7 Å². The lowest BCUT2D eigenvalue weighted by atomic mass is 9.98. The summed E-state index contributed by atoms with van der Waals surface area (Å²) in [6.07, 6.45) is 10.2. The Morgan fingerprint density at radius 2 is 0.900 bits per heavy atom. The third kappa shape index (κ3) is 17.6. The van der Waals surface area contributed by atoms with Crippen LogP contribution in [-0.2, 0) is 37.9 Å². The van der Waals surface area contributed by atoms with Crippen LogP contribution in [0.2, 0.25) is 0 Å². The van der Waals surface area contributed by atoms with Gasteiger partial charge in [-0.15, -0.1) is 0 Å². The van der Waals surface area contributed by atoms with Crippen LogP contribution in [0, 0.1) is 0 Å². The normalized spacial score (nSPS) is 12.3. The van der Waals surface area contributed by atoms with Crippen LogP contribution in [0.4, 0.5) is 4.79 Å². The summed E-state index contributed by atoms with van der Waals surface area (Å²) in [6, 6.07) is 16.6. The van der Waals surface area contributed by atoms with Crippen molar-refractivity contribution in [2.24, 2.45) is 0 Å². The molecule has 0 N–H and O–H groups in total. The van der Waals surface area contributed by atoms with Crippen LogP contribution in [0.3, 0.4) is 0 Å². The fourth-order valence-corrected chi connectivity index (χ4v) is 5.76. The first-order valence-electron chi connectivity index (χ1n) is 18.8. The molecule has 0 atom stereocenters. The lowest BCUT2D eigenvalue weighted by Crippen LogP contribution is -2.32. The minimum Gasteiger partial charge on any atom is -0.448 e. The Hall–Kier alpha value is -2.57. The summed E-state index contributed by atoms with van der Waals surface area (Å²) in [5.74, 6) is 0.0467. The van der Waals surface area contributed by atoms with E-state index in [0.29, 0.717) is 99.0 Å². The highest BCUT2D eigenvalue weighted by atomic mass is 16.6. The summed E-state index contributed by atoms with van der Waals surface area (Å²) in [7, 11) is 1.72. The monoisotopic (exact) mass is 701 g/mol. The minimum atomic E-state index is -0.355. The number of amides is 1. The zero-order valence-electron chi connectivity index (χ0n) is 30.8. The molecule has 282 valence electrons. The van der Waals surface area contributed by atoms with Crippen LogP contribution in [-0.4, -0.2) is 124 Å². The molecule has 0 fully saturated rings. The molecule has 2 aromatic carbocycles. The zero-order chi connectivity index (χ0) is 35.3. The number of nitrogens with zero attached hydrogens (tertiary/aromatic N) is 1. The molecule has 3 rings (SSSR count). The van der Waals surface area contributed by atoms with E-state index in [4.69, 9.17) is 37.9 Å². The Bertz CT molecular complexity index is 1090. The number of likely N-dealkylation sites (N-methyl/N-ethyl adjacent to an activating group) is 1. The fraction of sp³-hybridized carbons (Fsp3) is 0.675. The Kier molecular flexibility index (Phi) is 23.5. The van der Waals surface area contributed by atoms with Gasteiger partial charge in [-0.3, -0.25) is 0 Å². The third-order valence-corrected chi connectivity index (χ3v) is 8.59. The average molecular weight is 702 g/mol. The predicted octanol–water partition coefficient (Wildman–Crippen LogP) is 7.12. The van der Waals surface area contributed by atoms with E-state index in [1.807, 2.05) is 24.3 Å². The van der Waals surface area contributed by atoms with Crippen LogP contribution < -0.4 is 0 Å².